The maximum absolute atomic E-state index is 12.4. The Morgan fingerprint density at radius 3 is 2.29 bits per heavy atom. The second-order valence-electron chi connectivity index (χ2n) is 9.34. The summed E-state index contributed by atoms with van der Waals surface area (Å²) in [6.07, 6.45) is -1.92. The van der Waals surface area contributed by atoms with Crippen LogP contribution in [0.25, 0.3) is 0 Å². The molecule has 16 nitrogen and oxygen atoms in total. The fourth-order valence-corrected chi connectivity index (χ4v) is 3.87. The molecule has 1 unspecified atom stereocenters. The minimum absolute atomic E-state index is 0.00461. The average molecular weight is 615 g/mol. The Balaban J connectivity index is 1.86. The standard InChI is InChI=1S/C29H22N6O10/c1-33(2)27(36)19-9-6-10-20(15-19)43-29-31-25(44-22-14-18(16-30)11-12-21(22)34(39)40)24(35(41)42)26(32-29)45-23(28(37)38)13-17-7-4-3-5-8-17/h3-12,14-15,23H,13H2,1-2H3,(H,37,38). The Hall–Kier alpha value is -6.63. The van der Waals surface area contributed by atoms with Gasteiger partial charge < -0.3 is 24.2 Å². The SMILES string of the molecule is CN(C)C(=O)c1cccc(Oc2nc(Oc3cc(C#N)ccc3[N+](=O)[O-])c([N+](=O)[O-])c(OC(Cc3ccccc3)C(=O)O)n2)c1. The number of aromatic nitrogens is 2. The van der Waals surface area contributed by atoms with E-state index in [9.17, 15) is 40.2 Å². The smallest absolute Gasteiger partial charge is 0.393 e. The lowest BCUT2D eigenvalue weighted by Gasteiger charge is -2.16. The third-order valence-electron chi connectivity index (χ3n) is 5.96. The molecule has 0 spiro atoms. The largest absolute Gasteiger partial charge is 0.478 e. The van der Waals surface area contributed by atoms with Gasteiger partial charge in [-0.25, -0.2) is 4.79 Å². The lowest BCUT2D eigenvalue weighted by molar-refractivity contribution is -0.388. The van der Waals surface area contributed by atoms with Gasteiger partial charge in [0, 0.05) is 38.2 Å². The van der Waals surface area contributed by atoms with Gasteiger partial charge >= 0.3 is 35.1 Å². The molecule has 1 amide bonds. The lowest BCUT2D eigenvalue weighted by Crippen LogP contribution is -2.30. The zero-order valence-electron chi connectivity index (χ0n) is 23.5. The highest BCUT2D eigenvalue weighted by atomic mass is 16.6. The molecule has 0 radical (unpaired) electrons. The summed E-state index contributed by atoms with van der Waals surface area (Å²) in [6.45, 7) is 0. The van der Waals surface area contributed by atoms with E-state index in [1.807, 2.05) is 0 Å². The number of carboxylic acids is 1. The molecule has 45 heavy (non-hydrogen) atoms. The van der Waals surface area contributed by atoms with Crippen molar-refractivity contribution in [3.05, 3.63) is 110 Å². The number of carbonyl (C=O) groups excluding carboxylic acids is 1. The zero-order valence-corrected chi connectivity index (χ0v) is 23.5. The highest BCUT2D eigenvalue weighted by Gasteiger charge is 2.34. The fraction of sp³-hybridized carbons (Fsp3) is 0.138. The maximum Gasteiger partial charge on any atom is 0.393 e. The lowest BCUT2D eigenvalue weighted by atomic mass is 10.1. The van der Waals surface area contributed by atoms with Gasteiger partial charge in [0.2, 0.25) is 11.9 Å². The topological polar surface area (TPSA) is 221 Å². The number of benzene rings is 3. The molecule has 0 bridgehead atoms. The number of nitriles is 1. The van der Waals surface area contributed by atoms with Crippen LogP contribution in [0, 0.1) is 31.6 Å². The Labute approximate surface area is 254 Å². The molecular weight excluding hydrogens is 592 g/mol. The fourth-order valence-electron chi connectivity index (χ4n) is 3.87. The molecule has 3 aromatic carbocycles. The second kappa shape index (κ2) is 13.6. The summed E-state index contributed by atoms with van der Waals surface area (Å²) in [7, 11) is 3.08. The first-order valence-electron chi connectivity index (χ1n) is 12.8. The molecule has 0 saturated carbocycles. The van der Waals surface area contributed by atoms with Crippen LogP contribution in [0.3, 0.4) is 0 Å². The van der Waals surface area contributed by atoms with Crippen LogP contribution < -0.4 is 14.2 Å². The Bertz CT molecular complexity index is 1820. The van der Waals surface area contributed by atoms with Crippen molar-refractivity contribution >= 4 is 23.3 Å². The first-order chi connectivity index (χ1) is 21.5. The first kappa shape index (κ1) is 31.3. The summed E-state index contributed by atoms with van der Waals surface area (Å²) < 4.78 is 16.7. The summed E-state index contributed by atoms with van der Waals surface area (Å²) in [5.41, 5.74) is -1.06. The van der Waals surface area contributed by atoms with E-state index in [0.717, 1.165) is 18.2 Å². The number of ether oxygens (including phenoxy) is 3. The number of nitro groups is 2. The summed E-state index contributed by atoms with van der Waals surface area (Å²) in [5, 5.41) is 43.1. The molecule has 1 atom stereocenters. The summed E-state index contributed by atoms with van der Waals surface area (Å²) in [5.74, 6) is -4.23. The monoisotopic (exact) mass is 614 g/mol. The van der Waals surface area contributed by atoms with Gasteiger partial charge in [-0.1, -0.05) is 36.4 Å². The van der Waals surface area contributed by atoms with Crippen molar-refractivity contribution < 1.29 is 38.8 Å². The van der Waals surface area contributed by atoms with Crippen LogP contribution >= 0.6 is 0 Å². The van der Waals surface area contributed by atoms with E-state index >= 15 is 0 Å². The molecule has 4 rings (SSSR count). The van der Waals surface area contributed by atoms with Gasteiger partial charge in [0.15, 0.2) is 0 Å². The molecule has 0 saturated heterocycles. The molecule has 1 N–H and O–H groups in total. The average Bonchev–Trinajstić information content (AvgIpc) is 3.00. The number of nitrogens with zero attached hydrogens (tertiary/aromatic N) is 6. The summed E-state index contributed by atoms with van der Waals surface area (Å²) >= 11 is 0. The van der Waals surface area contributed by atoms with E-state index in [4.69, 9.17) is 14.2 Å². The molecule has 16 heteroatoms. The van der Waals surface area contributed by atoms with Gasteiger partial charge in [0.25, 0.3) is 5.91 Å². The molecule has 4 aromatic rings. The molecule has 0 fully saturated rings. The first-order valence-corrected chi connectivity index (χ1v) is 12.8. The highest BCUT2D eigenvalue weighted by Crippen LogP contribution is 2.41. The Kier molecular flexibility index (Phi) is 9.44. The van der Waals surface area contributed by atoms with Crippen molar-refractivity contribution in [3.8, 4) is 35.3 Å². The van der Waals surface area contributed by atoms with Crippen LogP contribution in [-0.2, 0) is 11.2 Å². The third-order valence-corrected chi connectivity index (χ3v) is 5.96. The number of rotatable bonds is 12. The molecule has 1 aromatic heterocycles. The predicted molar refractivity (Wildman–Crippen MR) is 153 cm³/mol. The minimum atomic E-state index is -1.70. The van der Waals surface area contributed by atoms with Crippen LogP contribution in [0.5, 0.6) is 29.3 Å². The number of hydrogen-bond acceptors (Lipinski definition) is 12. The number of hydrogen-bond donors (Lipinski definition) is 1. The van der Waals surface area contributed by atoms with Gasteiger partial charge in [-0.3, -0.25) is 25.0 Å². The van der Waals surface area contributed by atoms with E-state index in [1.165, 1.54) is 43.3 Å². The Morgan fingerprint density at radius 1 is 0.956 bits per heavy atom. The van der Waals surface area contributed by atoms with Gasteiger partial charge in [0.05, 0.1) is 21.5 Å². The molecule has 0 aliphatic rings. The quantitative estimate of drug-likeness (QED) is 0.171. The van der Waals surface area contributed by atoms with E-state index in [1.54, 1.807) is 36.4 Å². The molecule has 0 aliphatic carbocycles. The van der Waals surface area contributed by atoms with Gasteiger partial charge in [-0.15, -0.1) is 0 Å². The van der Waals surface area contributed by atoms with Crippen molar-refractivity contribution in [3.63, 3.8) is 0 Å². The summed E-state index contributed by atoms with van der Waals surface area (Å²) in [4.78, 5) is 55.9. The maximum atomic E-state index is 12.4. The molecule has 228 valence electrons. The van der Waals surface area contributed by atoms with Gasteiger partial charge in [-0.2, -0.15) is 15.2 Å². The molecule has 1 heterocycles. The van der Waals surface area contributed by atoms with E-state index in [0.29, 0.717) is 5.56 Å². The minimum Gasteiger partial charge on any atom is -0.478 e. The van der Waals surface area contributed by atoms with Gasteiger partial charge in [-0.05, 0) is 29.8 Å². The highest BCUT2D eigenvalue weighted by molar-refractivity contribution is 5.94. The number of carbonyl (C=O) groups is 2. The molecule has 0 aliphatic heterocycles. The number of carboxylic acid groups (broad SMARTS) is 1. The van der Waals surface area contributed by atoms with E-state index < -0.39 is 56.8 Å². The van der Waals surface area contributed by atoms with Crippen LogP contribution in [-0.4, -0.2) is 61.9 Å². The van der Waals surface area contributed by atoms with Crippen molar-refractivity contribution in [2.75, 3.05) is 14.1 Å². The normalized spacial score (nSPS) is 11.0. The number of nitro benzene ring substituents is 1. The van der Waals surface area contributed by atoms with Crippen LogP contribution in [0.15, 0.2) is 72.8 Å². The van der Waals surface area contributed by atoms with Crippen LogP contribution in [0.4, 0.5) is 11.4 Å². The second-order valence-corrected chi connectivity index (χ2v) is 9.34. The van der Waals surface area contributed by atoms with E-state index in [-0.39, 0.29) is 29.2 Å². The third kappa shape index (κ3) is 7.61. The Morgan fingerprint density at radius 2 is 1.67 bits per heavy atom. The van der Waals surface area contributed by atoms with Crippen molar-refractivity contribution in [1.29, 1.82) is 5.26 Å². The predicted octanol–water partition coefficient (Wildman–Crippen LogP) is 4.53. The zero-order chi connectivity index (χ0) is 32.7. The summed E-state index contributed by atoms with van der Waals surface area (Å²) in [6, 6.07) is 18.3. The van der Waals surface area contributed by atoms with Crippen molar-refractivity contribution in [2.24, 2.45) is 0 Å². The number of aliphatic carboxylic acids is 1. The van der Waals surface area contributed by atoms with Gasteiger partial charge in [0.1, 0.15) is 5.75 Å². The van der Waals surface area contributed by atoms with Crippen LogP contribution in [0.2, 0.25) is 0 Å². The van der Waals surface area contributed by atoms with Crippen molar-refractivity contribution in [1.82, 2.24) is 14.9 Å². The van der Waals surface area contributed by atoms with Crippen LogP contribution in [0.1, 0.15) is 21.5 Å². The molecular formula is C29H22N6O10. The number of amides is 1. The van der Waals surface area contributed by atoms with Crippen molar-refractivity contribution in [2.45, 2.75) is 12.5 Å². The van der Waals surface area contributed by atoms with E-state index in [2.05, 4.69) is 9.97 Å².